The van der Waals surface area contributed by atoms with Crippen LogP contribution in [0, 0.1) is 0 Å². The van der Waals surface area contributed by atoms with E-state index in [-0.39, 0.29) is 12.2 Å². The molecule has 104 valence electrons. The van der Waals surface area contributed by atoms with E-state index in [0.717, 1.165) is 4.47 Å². The third-order valence-electron chi connectivity index (χ3n) is 2.77. The third kappa shape index (κ3) is 3.30. The maximum Gasteiger partial charge on any atom is 0.331 e. The maximum atomic E-state index is 12.2. The number of benzene rings is 1. The Kier molecular flexibility index (Phi) is 4.62. The minimum Gasteiger partial charge on any atom is -0.467 e. The van der Waals surface area contributed by atoms with Crippen LogP contribution in [0.5, 0.6) is 0 Å². The van der Waals surface area contributed by atoms with Crippen LogP contribution in [0.2, 0.25) is 0 Å². The molecule has 0 aliphatic heterocycles. The summed E-state index contributed by atoms with van der Waals surface area (Å²) in [7, 11) is 1.27. The molecule has 0 bridgehead atoms. The van der Waals surface area contributed by atoms with Crippen molar-refractivity contribution in [2.45, 2.75) is 12.5 Å². The van der Waals surface area contributed by atoms with E-state index in [0.29, 0.717) is 5.56 Å². The van der Waals surface area contributed by atoms with Gasteiger partial charge in [0, 0.05) is 16.5 Å². The minimum absolute atomic E-state index is 0.0301. The van der Waals surface area contributed by atoms with E-state index >= 15 is 0 Å². The average Bonchev–Trinajstić information content (AvgIpc) is 2.98. The molecule has 1 heterocycles. The van der Waals surface area contributed by atoms with E-state index in [9.17, 15) is 9.59 Å². The van der Waals surface area contributed by atoms with Crippen molar-refractivity contribution in [1.82, 2.24) is 14.8 Å². The number of ketones is 1. The molecule has 0 amide bonds. The van der Waals surface area contributed by atoms with Gasteiger partial charge in [0.25, 0.3) is 0 Å². The summed E-state index contributed by atoms with van der Waals surface area (Å²) >= 11 is 3.30. The summed E-state index contributed by atoms with van der Waals surface area (Å²) in [5, 5.41) is 3.89. The number of Topliss-reactive ketones (excluding diaryl/α,β-unsaturated/α-hetero) is 1. The first-order valence-corrected chi connectivity index (χ1v) is 6.62. The first-order chi connectivity index (χ1) is 9.61. The van der Waals surface area contributed by atoms with E-state index in [1.165, 1.54) is 24.4 Å². The van der Waals surface area contributed by atoms with Crippen molar-refractivity contribution >= 4 is 27.7 Å². The molecule has 0 spiro atoms. The summed E-state index contributed by atoms with van der Waals surface area (Å²) in [6, 6.07) is 6.13. The normalized spacial score (nSPS) is 11.9. The Bertz CT molecular complexity index is 596. The minimum atomic E-state index is -0.807. The van der Waals surface area contributed by atoms with Gasteiger partial charge in [-0.1, -0.05) is 28.1 Å². The lowest BCUT2D eigenvalue weighted by Gasteiger charge is -2.13. The summed E-state index contributed by atoms with van der Waals surface area (Å²) in [4.78, 5) is 27.7. The molecular weight excluding hydrogens is 326 g/mol. The highest BCUT2D eigenvalue weighted by Gasteiger charge is 2.25. The molecule has 1 aromatic heterocycles. The second-order valence-electron chi connectivity index (χ2n) is 4.05. The molecule has 0 radical (unpaired) electrons. The number of ether oxygens (including phenoxy) is 1. The number of methoxy groups -OCH3 is 1. The fraction of sp³-hybridized carbons (Fsp3) is 0.231. The summed E-state index contributed by atoms with van der Waals surface area (Å²) < 4.78 is 6.91. The Morgan fingerprint density at radius 2 is 2.05 bits per heavy atom. The van der Waals surface area contributed by atoms with E-state index in [4.69, 9.17) is 4.74 Å². The molecule has 2 rings (SSSR count). The molecule has 7 heteroatoms. The Morgan fingerprint density at radius 1 is 1.35 bits per heavy atom. The zero-order valence-electron chi connectivity index (χ0n) is 10.7. The van der Waals surface area contributed by atoms with Gasteiger partial charge in [-0.05, 0) is 12.1 Å². The fourth-order valence-electron chi connectivity index (χ4n) is 1.73. The third-order valence-corrected chi connectivity index (χ3v) is 3.30. The number of aromatic nitrogens is 3. The van der Waals surface area contributed by atoms with Crippen molar-refractivity contribution in [2.24, 2.45) is 0 Å². The lowest BCUT2D eigenvalue weighted by atomic mass is 10.0. The quantitative estimate of drug-likeness (QED) is 0.616. The van der Waals surface area contributed by atoms with E-state index in [1.807, 2.05) is 0 Å². The van der Waals surface area contributed by atoms with Gasteiger partial charge < -0.3 is 4.74 Å². The molecule has 0 fully saturated rings. The van der Waals surface area contributed by atoms with Crippen LogP contribution in [0.25, 0.3) is 0 Å². The number of nitrogens with zero attached hydrogens (tertiary/aromatic N) is 3. The van der Waals surface area contributed by atoms with Gasteiger partial charge in [-0.15, -0.1) is 0 Å². The van der Waals surface area contributed by atoms with Crippen molar-refractivity contribution in [3.8, 4) is 0 Å². The van der Waals surface area contributed by atoms with Crippen LogP contribution in [0.15, 0.2) is 41.4 Å². The largest absolute Gasteiger partial charge is 0.467 e. The van der Waals surface area contributed by atoms with Gasteiger partial charge in [0.05, 0.1) is 7.11 Å². The Balaban J connectivity index is 2.18. The van der Waals surface area contributed by atoms with Crippen molar-refractivity contribution in [1.29, 1.82) is 0 Å². The molecule has 20 heavy (non-hydrogen) atoms. The first-order valence-electron chi connectivity index (χ1n) is 5.82. The van der Waals surface area contributed by atoms with Gasteiger partial charge >= 0.3 is 5.97 Å². The number of halogens is 1. The van der Waals surface area contributed by atoms with Gasteiger partial charge in [0.15, 0.2) is 11.8 Å². The molecular formula is C13H12BrN3O3. The molecule has 6 nitrogen and oxygen atoms in total. The number of carbonyl (C=O) groups excluding carboxylic acids is 2. The van der Waals surface area contributed by atoms with Gasteiger partial charge in [-0.25, -0.2) is 14.5 Å². The average molecular weight is 338 g/mol. The molecule has 0 aliphatic carbocycles. The van der Waals surface area contributed by atoms with Gasteiger partial charge in [0.2, 0.25) is 0 Å². The first kappa shape index (κ1) is 14.4. The van der Waals surface area contributed by atoms with E-state index < -0.39 is 12.0 Å². The van der Waals surface area contributed by atoms with Crippen LogP contribution in [0.4, 0.5) is 0 Å². The SMILES string of the molecule is COC(=O)C(CC(=O)c1ccc(Br)cc1)n1cncn1. The molecule has 2 aromatic rings. The van der Waals surface area contributed by atoms with E-state index in [1.54, 1.807) is 24.3 Å². The Labute approximate surface area is 123 Å². The Morgan fingerprint density at radius 3 is 2.60 bits per heavy atom. The lowest BCUT2D eigenvalue weighted by molar-refractivity contribution is -0.144. The lowest BCUT2D eigenvalue weighted by Crippen LogP contribution is -2.24. The summed E-state index contributed by atoms with van der Waals surface area (Å²) in [5.41, 5.74) is 0.530. The summed E-state index contributed by atoms with van der Waals surface area (Å²) in [6.07, 6.45) is 2.66. The number of esters is 1. The summed E-state index contributed by atoms with van der Waals surface area (Å²) in [5.74, 6) is -0.690. The van der Waals surface area contributed by atoms with Crippen molar-refractivity contribution < 1.29 is 14.3 Å². The maximum absolute atomic E-state index is 12.2. The van der Waals surface area contributed by atoms with Crippen LogP contribution in [-0.4, -0.2) is 33.6 Å². The second-order valence-corrected chi connectivity index (χ2v) is 4.96. The van der Waals surface area contributed by atoms with Crippen LogP contribution in [-0.2, 0) is 9.53 Å². The van der Waals surface area contributed by atoms with Crippen molar-refractivity contribution in [3.63, 3.8) is 0 Å². The Hall–Kier alpha value is -2.02. The van der Waals surface area contributed by atoms with Gasteiger partial charge in [-0.2, -0.15) is 5.10 Å². The summed E-state index contributed by atoms with van der Waals surface area (Å²) in [6.45, 7) is 0. The zero-order chi connectivity index (χ0) is 14.5. The fourth-order valence-corrected chi connectivity index (χ4v) is 1.99. The highest BCUT2D eigenvalue weighted by Crippen LogP contribution is 2.17. The van der Waals surface area contributed by atoms with Crippen LogP contribution >= 0.6 is 15.9 Å². The smallest absolute Gasteiger partial charge is 0.331 e. The van der Waals surface area contributed by atoms with Crippen molar-refractivity contribution in [2.75, 3.05) is 7.11 Å². The second kappa shape index (κ2) is 6.42. The van der Waals surface area contributed by atoms with Gasteiger partial charge in [-0.3, -0.25) is 4.79 Å². The number of carbonyl (C=O) groups is 2. The molecule has 0 saturated carbocycles. The topological polar surface area (TPSA) is 74.1 Å². The molecule has 0 N–H and O–H groups in total. The molecule has 1 aromatic carbocycles. The predicted octanol–water partition coefficient (Wildman–Crippen LogP) is 2.03. The van der Waals surface area contributed by atoms with Crippen LogP contribution in [0.1, 0.15) is 22.8 Å². The number of rotatable bonds is 5. The van der Waals surface area contributed by atoms with Crippen LogP contribution in [0.3, 0.4) is 0 Å². The number of hydrogen-bond acceptors (Lipinski definition) is 5. The van der Waals surface area contributed by atoms with Crippen LogP contribution < -0.4 is 0 Å². The van der Waals surface area contributed by atoms with E-state index in [2.05, 4.69) is 26.0 Å². The predicted molar refractivity (Wildman–Crippen MR) is 74.2 cm³/mol. The van der Waals surface area contributed by atoms with Gasteiger partial charge in [0.1, 0.15) is 12.7 Å². The highest BCUT2D eigenvalue weighted by molar-refractivity contribution is 9.10. The highest BCUT2D eigenvalue weighted by atomic mass is 79.9. The zero-order valence-corrected chi connectivity index (χ0v) is 12.3. The molecule has 0 aliphatic rings. The monoisotopic (exact) mass is 337 g/mol. The molecule has 1 atom stereocenters. The number of hydrogen-bond donors (Lipinski definition) is 0. The molecule has 0 saturated heterocycles. The van der Waals surface area contributed by atoms with Crippen molar-refractivity contribution in [3.05, 3.63) is 47.0 Å². The molecule has 1 unspecified atom stereocenters. The standard InChI is InChI=1S/C13H12BrN3O3/c1-20-13(19)11(17-8-15-7-16-17)6-12(18)9-2-4-10(14)5-3-9/h2-5,7-8,11H,6H2,1H3.